The highest BCUT2D eigenvalue weighted by Crippen LogP contribution is 2.31. The Morgan fingerprint density at radius 1 is 1.09 bits per heavy atom. The van der Waals surface area contributed by atoms with Crippen molar-refractivity contribution in [3.8, 4) is 5.75 Å². The Morgan fingerprint density at radius 3 is 2.62 bits per heavy atom. The van der Waals surface area contributed by atoms with E-state index < -0.39 is 0 Å². The van der Waals surface area contributed by atoms with Crippen LogP contribution in [0.2, 0.25) is 5.15 Å². The maximum absolute atomic E-state index is 13.2. The third-order valence-corrected chi connectivity index (χ3v) is 5.84. The summed E-state index contributed by atoms with van der Waals surface area (Å²) in [7, 11) is 1.62. The van der Waals surface area contributed by atoms with E-state index in [0.717, 1.165) is 29.0 Å². The van der Waals surface area contributed by atoms with E-state index in [0.29, 0.717) is 22.5 Å². The minimum atomic E-state index is -0.323. The number of benzene rings is 2. The number of methoxy groups -OCH3 is 1. The van der Waals surface area contributed by atoms with Gasteiger partial charge in [-0.1, -0.05) is 29.8 Å². The Labute approximate surface area is 204 Å². The highest BCUT2D eigenvalue weighted by Gasteiger charge is 2.28. The number of carbonyl (C=O) groups is 2. The van der Waals surface area contributed by atoms with Gasteiger partial charge in [-0.25, -0.2) is 4.98 Å². The third-order valence-electron chi connectivity index (χ3n) is 5.64. The number of rotatable bonds is 6. The van der Waals surface area contributed by atoms with Crippen LogP contribution in [-0.4, -0.2) is 35.0 Å². The van der Waals surface area contributed by atoms with Crippen LogP contribution in [0, 0.1) is 6.92 Å². The molecule has 34 heavy (non-hydrogen) atoms. The van der Waals surface area contributed by atoms with Crippen molar-refractivity contribution in [3.05, 3.63) is 87.7 Å². The van der Waals surface area contributed by atoms with E-state index in [4.69, 9.17) is 21.3 Å². The van der Waals surface area contributed by atoms with Crippen molar-refractivity contribution in [2.24, 2.45) is 4.99 Å². The molecule has 2 aromatic carbocycles. The van der Waals surface area contributed by atoms with E-state index in [2.05, 4.69) is 24.1 Å². The lowest BCUT2D eigenvalue weighted by molar-refractivity contribution is 0.0996. The van der Waals surface area contributed by atoms with E-state index in [1.807, 2.05) is 18.2 Å². The van der Waals surface area contributed by atoms with E-state index in [1.165, 1.54) is 6.07 Å². The number of nitrogens with zero attached hydrogens (tertiary/aromatic N) is 2. The number of ether oxygens (including phenoxy) is 1. The first-order valence-corrected chi connectivity index (χ1v) is 11.4. The number of ketones is 1. The number of aromatic nitrogens is 1. The molecule has 1 aliphatic rings. The summed E-state index contributed by atoms with van der Waals surface area (Å²) in [5.41, 5.74) is 4.61. The summed E-state index contributed by atoms with van der Waals surface area (Å²) >= 11 is 5.98. The zero-order valence-corrected chi connectivity index (χ0v) is 20.4. The Balaban J connectivity index is 1.56. The van der Waals surface area contributed by atoms with Gasteiger partial charge in [0.1, 0.15) is 10.9 Å². The molecule has 174 valence electrons. The molecular formula is C27H26ClN3O3. The summed E-state index contributed by atoms with van der Waals surface area (Å²) in [6.07, 6.45) is 0.949. The SMILES string of the molecule is COc1ccc2c(c1)C(CC(=O)c1cccc(NC(=O)c3cc(C)nc(Cl)c3)c1)=NC(C)(C)C2. The van der Waals surface area contributed by atoms with Crippen molar-refractivity contribution >= 4 is 34.7 Å². The summed E-state index contributed by atoms with van der Waals surface area (Å²) in [6, 6.07) is 16.0. The second-order valence-electron chi connectivity index (χ2n) is 9.03. The number of pyridine rings is 1. The van der Waals surface area contributed by atoms with Gasteiger partial charge in [0.05, 0.1) is 24.8 Å². The fourth-order valence-electron chi connectivity index (χ4n) is 4.16. The molecular weight excluding hydrogens is 450 g/mol. The van der Waals surface area contributed by atoms with Crippen molar-refractivity contribution in [1.29, 1.82) is 0 Å². The molecule has 7 heteroatoms. The van der Waals surface area contributed by atoms with Crippen LogP contribution in [0.25, 0.3) is 0 Å². The molecule has 0 radical (unpaired) electrons. The second kappa shape index (κ2) is 9.39. The average molecular weight is 476 g/mol. The first kappa shape index (κ1) is 23.6. The summed E-state index contributed by atoms with van der Waals surface area (Å²) in [5.74, 6) is 0.329. The van der Waals surface area contributed by atoms with Gasteiger partial charge in [0.15, 0.2) is 5.78 Å². The summed E-state index contributed by atoms with van der Waals surface area (Å²) in [5, 5.41) is 3.08. The van der Waals surface area contributed by atoms with Gasteiger partial charge in [-0.05, 0) is 69.2 Å². The van der Waals surface area contributed by atoms with Gasteiger partial charge in [-0.15, -0.1) is 0 Å². The molecule has 2 heterocycles. The zero-order valence-electron chi connectivity index (χ0n) is 19.6. The second-order valence-corrected chi connectivity index (χ2v) is 9.41. The number of amides is 1. The van der Waals surface area contributed by atoms with Crippen molar-refractivity contribution in [3.63, 3.8) is 0 Å². The predicted octanol–water partition coefficient (Wildman–Crippen LogP) is 5.70. The number of halogens is 1. The Hall–Kier alpha value is -3.51. The van der Waals surface area contributed by atoms with Crippen LogP contribution in [0.3, 0.4) is 0 Å². The molecule has 0 bridgehead atoms. The summed E-state index contributed by atoms with van der Waals surface area (Å²) in [4.78, 5) is 34.9. The van der Waals surface area contributed by atoms with Crippen LogP contribution in [0.5, 0.6) is 5.75 Å². The molecule has 0 spiro atoms. The highest BCUT2D eigenvalue weighted by molar-refractivity contribution is 6.29. The van der Waals surface area contributed by atoms with Crippen molar-refractivity contribution in [2.75, 3.05) is 12.4 Å². The Morgan fingerprint density at radius 2 is 1.88 bits per heavy atom. The van der Waals surface area contributed by atoms with Crippen molar-refractivity contribution in [2.45, 2.75) is 39.2 Å². The smallest absolute Gasteiger partial charge is 0.255 e. The number of carbonyl (C=O) groups excluding carboxylic acids is 2. The Kier molecular flexibility index (Phi) is 6.53. The molecule has 1 aromatic heterocycles. The molecule has 1 N–H and O–H groups in total. The number of nitrogens with one attached hydrogen (secondary N) is 1. The topological polar surface area (TPSA) is 80.6 Å². The summed E-state index contributed by atoms with van der Waals surface area (Å²) < 4.78 is 5.38. The normalized spacial score (nSPS) is 14.1. The van der Waals surface area contributed by atoms with Crippen LogP contribution in [0.1, 0.15) is 57.8 Å². The summed E-state index contributed by atoms with van der Waals surface area (Å²) in [6.45, 7) is 5.90. The number of aliphatic imine (C=N–C) groups is 1. The largest absolute Gasteiger partial charge is 0.497 e. The minimum Gasteiger partial charge on any atom is -0.497 e. The standard InChI is InChI=1S/C27H26ClN3O3/c1-16-10-19(12-25(28)29-16)26(33)30-20-7-5-6-17(11-20)24(32)14-23-22-13-21(34-4)9-8-18(22)15-27(2,3)31-23/h5-13H,14-15H2,1-4H3,(H,30,33). The van der Waals surface area contributed by atoms with Gasteiger partial charge in [-0.2, -0.15) is 0 Å². The van der Waals surface area contributed by atoms with E-state index in [-0.39, 0.29) is 28.8 Å². The van der Waals surface area contributed by atoms with Gasteiger partial charge in [-0.3, -0.25) is 14.6 Å². The molecule has 0 fully saturated rings. The average Bonchev–Trinajstić information content (AvgIpc) is 2.77. The number of hydrogen-bond acceptors (Lipinski definition) is 5. The molecule has 0 saturated carbocycles. The first-order valence-electron chi connectivity index (χ1n) is 11.0. The monoisotopic (exact) mass is 475 g/mol. The highest BCUT2D eigenvalue weighted by atomic mass is 35.5. The molecule has 0 unspecified atom stereocenters. The lowest BCUT2D eigenvalue weighted by atomic mass is 9.85. The van der Waals surface area contributed by atoms with E-state index in [9.17, 15) is 9.59 Å². The van der Waals surface area contributed by atoms with E-state index in [1.54, 1.807) is 44.4 Å². The predicted molar refractivity (Wildman–Crippen MR) is 135 cm³/mol. The van der Waals surface area contributed by atoms with Gasteiger partial charge in [0, 0.05) is 28.1 Å². The minimum absolute atomic E-state index is 0.0795. The third kappa shape index (κ3) is 5.34. The van der Waals surface area contributed by atoms with Crippen LogP contribution in [-0.2, 0) is 6.42 Å². The van der Waals surface area contributed by atoms with Gasteiger partial charge >= 0.3 is 0 Å². The number of aryl methyl sites for hydroxylation is 1. The molecule has 1 amide bonds. The van der Waals surface area contributed by atoms with Crippen LogP contribution in [0.4, 0.5) is 5.69 Å². The molecule has 4 rings (SSSR count). The number of hydrogen-bond donors (Lipinski definition) is 1. The fraction of sp³-hybridized carbons (Fsp3) is 0.259. The molecule has 0 saturated heterocycles. The van der Waals surface area contributed by atoms with Gasteiger partial charge < -0.3 is 10.1 Å². The maximum Gasteiger partial charge on any atom is 0.255 e. The van der Waals surface area contributed by atoms with Crippen molar-refractivity contribution < 1.29 is 14.3 Å². The van der Waals surface area contributed by atoms with Crippen molar-refractivity contribution in [1.82, 2.24) is 4.98 Å². The number of anilines is 1. The zero-order chi connectivity index (χ0) is 24.5. The quantitative estimate of drug-likeness (QED) is 0.366. The maximum atomic E-state index is 13.2. The van der Waals surface area contributed by atoms with Gasteiger partial charge in [0.25, 0.3) is 5.91 Å². The molecule has 3 aromatic rings. The number of Topliss-reactive ketones (excluding diaryl/α,β-unsaturated/α-hetero) is 1. The molecule has 0 aliphatic carbocycles. The van der Waals surface area contributed by atoms with Crippen LogP contribution < -0.4 is 10.1 Å². The first-order chi connectivity index (χ1) is 16.1. The Bertz CT molecular complexity index is 1290. The lowest BCUT2D eigenvalue weighted by Gasteiger charge is -2.29. The molecule has 0 atom stereocenters. The van der Waals surface area contributed by atoms with Crippen LogP contribution >= 0.6 is 11.6 Å². The molecule has 6 nitrogen and oxygen atoms in total. The fourth-order valence-corrected chi connectivity index (χ4v) is 4.41. The lowest BCUT2D eigenvalue weighted by Crippen LogP contribution is -2.30. The van der Waals surface area contributed by atoms with Crippen LogP contribution in [0.15, 0.2) is 59.6 Å². The van der Waals surface area contributed by atoms with E-state index >= 15 is 0 Å². The van der Waals surface area contributed by atoms with Gasteiger partial charge in [0.2, 0.25) is 0 Å². The molecule has 1 aliphatic heterocycles. The number of fused-ring (bicyclic) bond motifs is 1.